The largest absolute Gasteiger partial charge is 0.378 e. The first-order valence-electron chi connectivity index (χ1n) is 38.6. The number of Topliss-reactive ketones (excluding diaryl/α,β-unsaturated/α-hetero) is 1. The van der Waals surface area contributed by atoms with Gasteiger partial charge in [0.1, 0.15) is 16.6 Å². The van der Waals surface area contributed by atoms with Crippen LogP contribution in [-0.4, -0.2) is 212 Å². The van der Waals surface area contributed by atoms with Crippen LogP contribution in [-0.2, 0) is 42.3 Å². The van der Waals surface area contributed by atoms with Crippen molar-refractivity contribution in [3.05, 3.63) is 252 Å². The SMILES string of the molecule is CCC(=O)c1ccc([C@@H]([C@H](C)Nc2nn(C)c(=O)c3cccnc23)N(C)C)cc1.CCn1nc(N[C@@H](C)CN(C)C)c2ccccc2c1=O.C[C@@H](Nc1nn(C)c(=O)c2cccnc12)[C@@H](c1ccc(S(=O)(=O)c2ccccc2)cc1)N(C)C.C[C@H](Nc1nn(C)c(=O)c2cccnc12)[C@H](c1ccc(C(=O)N2CCOCC2)cc1)N(C)C. The monoisotopic (exact) mass is 1590 g/mol. The summed E-state index contributed by atoms with van der Waals surface area (Å²) < 4.78 is 36.7. The van der Waals surface area contributed by atoms with E-state index in [0.717, 1.165) is 40.0 Å². The zero-order valence-corrected chi connectivity index (χ0v) is 69.9. The fraction of sp³-hybridized carbons (Fsp3) is 0.360. The van der Waals surface area contributed by atoms with Crippen LogP contribution in [0.1, 0.15) is 103 Å². The molecule has 30 heteroatoms. The number of aromatic nitrogens is 11. The molecule has 13 rings (SSSR count). The highest BCUT2D eigenvalue weighted by atomic mass is 32.2. The van der Waals surface area contributed by atoms with Crippen LogP contribution < -0.4 is 43.5 Å². The number of amides is 1. The Balaban J connectivity index is 0.000000166. The second-order valence-electron chi connectivity index (χ2n) is 29.7. The molecule has 7 aromatic heterocycles. The van der Waals surface area contributed by atoms with Crippen molar-refractivity contribution in [2.45, 2.75) is 107 Å². The lowest BCUT2D eigenvalue weighted by Crippen LogP contribution is -2.40. The first-order valence-corrected chi connectivity index (χ1v) is 40.1. The van der Waals surface area contributed by atoms with E-state index in [-0.39, 0.29) is 86.0 Å². The van der Waals surface area contributed by atoms with Crippen molar-refractivity contribution < 1.29 is 22.7 Å². The third-order valence-electron chi connectivity index (χ3n) is 20.1. The molecule has 116 heavy (non-hydrogen) atoms. The Morgan fingerprint density at radius 1 is 0.440 bits per heavy atom. The van der Waals surface area contributed by atoms with E-state index in [1.165, 1.54) is 18.7 Å². The predicted octanol–water partition coefficient (Wildman–Crippen LogP) is 9.97. The number of ketones is 1. The number of nitrogens with zero attached hydrogens (tertiary/aromatic N) is 16. The van der Waals surface area contributed by atoms with Gasteiger partial charge < -0.3 is 50.5 Å². The molecule has 610 valence electrons. The average Bonchev–Trinajstić information content (AvgIpc) is 0.798. The summed E-state index contributed by atoms with van der Waals surface area (Å²) in [6.07, 6.45) is 5.45. The van der Waals surface area contributed by atoms with Crippen molar-refractivity contribution in [2.24, 2.45) is 21.1 Å². The van der Waals surface area contributed by atoms with Crippen LogP contribution in [0.15, 0.2) is 211 Å². The number of nitrogens with one attached hydrogen (secondary N) is 4. The summed E-state index contributed by atoms with van der Waals surface area (Å²) in [5.74, 6) is 2.59. The van der Waals surface area contributed by atoms with Gasteiger partial charge in [0.25, 0.3) is 28.1 Å². The summed E-state index contributed by atoms with van der Waals surface area (Å²) in [4.78, 5) is 98.0. The van der Waals surface area contributed by atoms with E-state index in [0.29, 0.717) is 100 Å². The van der Waals surface area contributed by atoms with Crippen LogP contribution in [0.2, 0.25) is 0 Å². The number of fused-ring (bicyclic) bond motifs is 4. The first kappa shape index (κ1) is 86.6. The Hall–Kier alpha value is -11.8. The standard InChI is InChI=1S/C25H27N5O3S.C24H30N6O3.C22H27N5O2.C15H22N4O/c1-17(27-24-22-21(11-8-16-26-22)25(31)30(4)28-24)23(29(2)3)18-12-14-20(15-13-18)34(32,33)19-9-6-5-7-10-19;1-16(26-22-20-19(6-5-11-25-20)24(32)29(4)27-22)21(28(2)3)17-7-9-18(10-8-17)23(31)30-12-14-33-15-13-30;1-6-18(28)15-9-11-16(12-10-15)20(26(3)4)14(2)24-21-19-17(8-7-13-23-19)22(29)27(5)25-21;1-5-19-15(20)13-9-7-6-8-12(13)14(17-19)16-11(2)10-18(3)4/h5-17,23H,1-4H3,(H,27,28);5-11,16,21H,12-15H2,1-4H3,(H,26,27);7-14,20H,6H2,1-5H3,(H,24,25);6-9,11H,5,10H2,1-4H3,(H,16,17)/t17-,23+;16-,21+;14-,20+;11-/m1000/s1. The zero-order valence-electron chi connectivity index (χ0n) is 69.0. The summed E-state index contributed by atoms with van der Waals surface area (Å²) in [5, 5.41) is 34.5. The minimum atomic E-state index is -3.58. The lowest BCUT2D eigenvalue weighted by atomic mass is 9.97. The van der Waals surface area contributed by atoms with E-state index < -0.39 is 9.84 Å². The van der Waals surface area contributed by atoms with Crippen molar-refractivity contribution in [3.63, 3.8) is 0 Å². The minimum absolute atomic E-state index is 0.00432. The van der Waals surface area contributed by atoms with E-state index in [9.17, 15) is 37.2 Å². The Kier molecular flexibility index (Phi) is 29.1. The van der Waals surface area contributed by atoms with Gasteiger partial charge in [-0.1, -0.05) is 91.9 Å². The number of likely N-dealkylation sites (N-methyl/N-ethyl adjacent to an activating group) is 4. The van der Waals surface area contributed by atoms with Crippen LogP contribution in [0, 0.1) is 0 Å². The molecule has 1 aliphatic rings. The molecule has 29 nitrogen and oxygen atoms in total. The molecular formula is C86H106N20O9S. The first-order chi connectivity index (χ1) is 55.4. The maximum atomic E-state index is 12.9. The molecule has 0 radical (unpaired) electrons. The molecule has 5 aromatic carbocycles. The second-order valence-corrected chi connectivity index (χ2v) is 31.6. The minimum Gasteiger partial charge on any atom is -0.378 e. The van der Waals surface area contributed by atoms with Gasteiger partial charge in [-0.25, -0.2) is 27.1 Å². The van der Waals surface area contributed by atoms with Gasteiger partial charge in [-0.3, -0.25) is 43.7 Å². The summed E-state index contributed by atoms with van der Waals surface area (Å²) in [5.41, 5.74) is 5.53. The van der Waals surface area contributed by atoms with Gasteiger partial charge in [-0.2, -0.15) is 20.4 Å². The number of hydrogen-bond donors (Lipinski definition) is 4. The Morgan fingerprint density at radius 2 is 0.810 bits per heavy atom. The highest BCUT2D eigenvalue weighted by molar-refractivity contribution is 7.91. The molecule has 8 heterocycles. The number of morpholine rings is 1. The number of pyridine rings is 3. The smallest absolute Gasteiger partial charge is 0.276 e. The second kappa shape index (κ2) is 39.0. The summed E-state index contributed by atoms with van der Waals surface area (Å²) in [7, 11) is 17.4. The number of anilines is 4. The molecule has 0 spiro atoms. The molecular weight excluding hydrogens is 1490 g/mol. The summed E-state index contributed by atoms with van der Waals surface area (Å²) in [6.45, 7) is 15.9. The van der Waals surface area contributed by atoms with Crippen molar-refractivity contribution in [1.82, 2.24) is 78.6 Å². The molecule has 1 saturated heterocycles. The van der Waals surface area contributed by atoms with E-state index in [4.69, 9.17) is 4.74 Å². The van der Waals surface area contributed by atoms with Crippen LogP contribution >= 0.6 is 0 Å². The highest BCUT2D eigenvalue weighted by Crippen LogP contribution is 2.32. The molecule has 1 aliphatic heterocycles. The average molecular weight is 1600 g/mol. The van der Waals surface area contributed by atoms with Gasteiger partial charge in [0.2, 0.25) is 9.84 Å². The topological polar surface area (TPSA) is 320 Å². The molecule has 7 atom stereocenters. The lowest BCUT2D eigenvalue weighted by Gasteiger charge is -2.32. The van der Waals surface area contributed by atoms with Crippen LogP contribution in [0.3, 0.4) is 0 Å². The Bertz CT molecular complexity index is 5760. The molecule has 0 unspecified atom stereocenters. The normalized spacial score (nSPS) is 14.2. The molecule has 1 amide bonds. The molecule has 12 aromatic rings. The van der Waals surface area contributed by atoms with Gasteiger partial charge in [0, 0.05) is 113 Å². The third-order valence-corrected chi connectivity index (χ3v) is 21.9. The molecule has 1 fully saturated rings. The van der Waals surface area contributed by atoms with E-state index >= 15 is 0 Å². The van der Waals surface area contributed by atoms with E-state index in [2.05, 4.69) is 97.0 Å². The fourth-order valence-corrected chi connectivity index (χ4v) is 15.9. The van der Waals surface area contributed by atoms with Crippen molar-refractivity contribution in [1.29, 1.82) is 0 Å². The van der Waals surface area contributed by atoms with Gasteiger partial charge >= 0.3 is 0 Å². The number of aryl methyl sites for hydroxylation is 4. The van der Waals surface area contributed by atoms with E-state index in [1.54, 1.807) is 119 Å². The molecule has 0 bridgehead atoms. The Labute approximate surface area is 675 Å². The van der Waals surface area contributed by atoms with Crippen LogP contribution in [0.4, 0.5) is 23.3 Å². The number of ether oxygens (including phenoxy) is 1. The number of hydrogen-bond acceptors (Lipinski definition) is 24. The van der Waals surface area contributed by atoms with Crippen molar-refractivity contribution >= 4 is 88.3 Å². The summed E-state index contributed by atoms with van der Waals surface area (Å²) in [6, 6.07) is 48.9. The molecule has 4 N–H and O–H groups in total. The molecule has 0 aliphatic carbocycles. The number of carbonyl (C=O) groups excluding carboxylic acids is 2. The lowest BCUT2D eigenvalue weighted by molar-refractivity contribution is 0.0303. The number of sulfone groups is 1. The van der Waals surface area contributed by atoms with Crippen molar-refractivity contribution in [3.8, 4) is 0 Å². The number of rotatable bonds is 25. The zero-order chi connectivity index (χ0) is 83.8. The highest BCUT2D eigenvalue weighted by Gasteiger charge is 2.29. The van der Waals surface area contributed by atoms with Crippen molar-refractivity contribution in [2.75, 3.05) is 110 Å². The van der Waals surface area contributed by atoms with Gasteiger partial charge in [-0.15, -0.1) is 0 Å². The maximum absolute atomic E-state index is 12.9. The quantitative estimate of drug-likeness (QED) is 0.0387. The Morgan fingerprint density at radius 3 is 1.20 bits per heavy atom. The predicted molar refractivity (Wildman–Crippen MR) is 459 cm³/mol. The van der Waals surface area contributed by atoms with Crippen LogP contribution in [0.25, 0.3) is 43.5 Å². The third kappa shape index (κ3) is 20.5. The van der Waals surface area contributed by atoms with E-state index in [1.807, 2.05) is 167 Å². The fourth-order valence-electron chi connectivity index (χ4n) is 14.6. The molecule has 0 saturated carbocycles. The van der Waals surface area contributed by atoms with Gasteiger partial charge in [-0.05, 0) is 187 Å². The van der Waals surface area contributed by atoms with Gasteiger partial charge in [0.15, 0.2) is 29.1 Å². The number of benzene rings is 5. The van der Waals surface area contributed by atoms with Gasteiger partial charge in [0.05, 0.1) is 62.7 Å². The number of carbonyl (C=O) groups is 2. The maximum Gasteiger partial charge on any atom is 0.276 e. The van der Waals surface area contributed by atoms with Crippen LogP contribution in [0.5, 0.6) is 0 Å². The summed E-state index contributed by atoms with van der Waals surface area (Å²) >= 11 is 0.